The maximum atomic E-state index is 15.6. The molecule has 6 rings (SSSR count). The minimum Gasteiger partial charge on any atom is -0.289 e. The van der Waals surface area contributed by atoms with Crippen LogP contribution in [0, 0.1) is 0 Å². The molecule has 1 aliphatic rings. The van der Waals surface area contributed by atoms with E-state index < -0.39 is 16.1 Å². The zero-order valence-corrected chi connectivity index (χ0v) is 33.1. The monoisotopic (exact) mass is 694 g/mol. The van der Waals surface area contributed by atoms with Crippen molar-refractivity contribution in [2.24, 2.45) is 0 Å². The smallest absolute Gasteiger partial charge is 0.195 e. The maximum Gasteiger partial charge on any atom is 0.195 e. The average Bonchev–Trinajstić information content (AvgIpc) is 3.18. The summed E-state index contributed by atoms with van der Waals surface area (Å²) in [6.45, 7) is 14.1. The summed E-state index contributed by atoms with van der Waals surface area (Å²) in [7, 11) is -2.94. The number of rotatable bonds is 14. The van der Waals surface area contributed by atoms with E-state index in [1.165, 1.54) is 36.3 Å². The third-order valence-corrected chi connectivity index (χ3v) is 24.6. The first-order valence-corrected chi connectivity index (χ1v) is 24.9. The molecule has 0 saturated heterocycles. The van der Waals surface area contributed by atoms with Gasteiger partial charge < -0.3 is 0 Å². The topological polar surface area (TPSA) is 34.1 Å². The Morgan fingerprint density at radius 1 is 0.380 bits per heavy atom. The van der Waals surface area contributed by atoms with Crippen molar-refractivity contribution in [3.63, 3.8) is 0 Å². The molecule has 1 aliphatic carbocycles. The van der Waals surface area contributed by atoms with Gasteiger partial charge in [0.1, 0.15) is 0 Å². The van der Waals surface area contributed by atoms with Crippen LogP contribution in [0.2, 0.25) is 48.4 Å². The highest BCUT2D eigenvalue weighted by Gasteiger charge is 2.40. The molecule has 0 bridgehead atoms. The van der Waals surface area contributed by atoms with Crippen LogP contribution < -0.4 is 0 Å². The van der Waals surface area contributed by atoms with Crippen LogP contribution in [0.1, 0.15) is 84.5 Å². The van der Waals surface area contributed by atoms with Gasteiger partial charge in [-0.15, -0.1) is 0 Å². The van der Waals surface area contributed by atoms with Gasteiger partial charge in [0, 0.05) is 33.4 Å². The number of carbonyl (C=O) groups is 2. The predicted molar refractivity (Wildman–Crippen MR) is 220 cm³/mol. The fourth-order valence-corrected chi connectivity index (χ4v) is 15.7. The molecule has 0 N–H and O–H groups in total. The van der Waals surface area contributed by atoms with Gasteiger partial charge in [-0.1, -0.05) is 187 Å². The van der Waals surface area contributed by atoms with Crippen molar-refractivity contribution in [3.05, 3.63) is 130 Å². The fourth-order valence-electron chi connectivity index (χ4n) is 8.94. The fraction of sp³-hybridized carbons (Fsp3) is 0.348. The molecule has 0 radical (unpaired) electrons. The first-order chi connectivity index (χ1) is 24.3. The van der Waals surface area contributed by atoms with Crippen molar-refractivity contribution in [1.29, 1.82) is 0 Å². The Labute approximate surface area is 302 Å². The second-order valence-electron chi connectivity index (χ2n) is 14.7. The predicted octanol–water partition coefficient (Wildman–Crippen LogP) is 13.1. The van der Waals surface area contributed by atoms with Gasteiger partial charge in [-0.3, -0.25) is 9.59 Å². The molecule has 0 heterocycles. The van der Waals surface area contributed by atoms with Crippen LogP contribution >= 0.6 is 0 Å². The lowest BCUT2D eigenvalue weighted by molar-refractivity contribution is 0.0978. The molecule has 0 aromatic heterocycles. The van der Waals surface area contributed by atoms with E-state index in [0.717, 1.165) is 69.1 Å². The quantitative estimate of drug-likeness (QED) is 0.106. The van der Waals surface area contributed by atoms with Crippen molar-refractivity contribution < 1.29 is 9.59 Å². The second kappa shape index (κ2) is 15.2. The molecular weight excluding hydrogens is 641 g/mol. The van der Waals surface area contributed by atoms with E-state index in [9.17, 15) is 0 Å². The first kappa shape index (κ1) is 35.9. The largest absolute Gasteiger partial charge is 0.289 e. The van der Waals surface area contributed by atoms with Crippen LogP contribution in [0.15, 0.2) is 97.1 Å². The van der Waals surface area contributed by atoms with E-state index in [4.69, 9.17) is 0 Å². The summed E-state index contributed by atoms with van der Waals surface area (Å²) in [6.07, 6.45) is 1.71. The molecule has 0 saturated carbocycles. The number of aryl methyl sites for hydroxylation is 2. The van der Waals surface area contributed by atoms with Crippen molar-refractivity contribution >= 4 is 38.5 Å². The molecule has 5 aromatic carbocycles. The summed E-state index contributed by atoms with van der Waals surface area (Å²) in [5, 5.41) is 2.02. The van der Waals surface area contributed by atoms with Gasteiger partial charge in [-0.2, -0.15) is 0 Å². The van der Waals surface area contributed by atoms with Crippen LogP contribution in [-0.4, -0.2) is 27.7 Å². The standard InChI is InChI=1S/C46H54O2Si2/c1-7-49(8-2,9-3)31-29-35-27-28-36(30-32-50(10-4,11-5)12-6)42-41(35)45(47)43-39(33-21-15-13-16-22-33)37-25-19-20-26-38(37)40(44(43)46(42)48)34-23-17-14-18-24-34/h13-28H,7-12,29-32H2,1-6H3. The summed E-state index contributed by atoms with van der Waals surface area (Å²) < 4.78 is 0. The first-order valence-electron chi connectivity index (χ1n) is 19.2. The lowest BCUT2D eigenvalue weighted by Gasteiger charge is -2.32. The highest BCUT2D eigenvalue weighted by atomic mass is 28.3. The minimum absolute atomic E-state index is 0.0231. The SMILES string of the molecule is CC[Si](CC)(CC)CCc1ccc(CC[Si](CC)(CC)CC)c2c1C(=O)c1c(c(-c3ccccc3)c3ccccc3c1-c1ccccc1)C2=O. The Balaban J connectivity index is 1.67. The van der Waals surface area contributed by atoms with Crippen molar-refractivity contribution in [2.45, 2.75) is 103 Å². The third kappa shape index (κ3) is 6.30. The molecule has 0 amide bonds. The van der Waals surface area contributed by atoms with Crippen LogP contribution in [0.5, 0.6) is 0 Å². The summed E-state index contributed by atoms with van der Waals surface area (Å²) in [6, 6.07) is 43.1. The molecule has 5 aromatic rings. The zero-order valence-electron chi connectivity index (χ0n) is 31.1. The van der Waals surface area contributed by atoms with Gasteiger partial charge in [0.2, 0.25) is 0 Å². The molecule has 0 atom stereocenters. The van der Waals surface area contributed by atoms with Gasteiger partial charge in [0.25, 0.3) is 0 Å². The molecule has 0 spiro atoms. The Morgan fingerprint density at radius 3 is 1.02 bits per heavy atom. The average molecular weight is 695 g/mol. The van der Waals surface area contributed by atoms with Crippen LogP contribution in [0.3, 0.4) is 0 Å². The minimum atomic E-state index is -1.47. The van der Waals surface area contributed by atoms with Crippen LogP contribution in [0.25, 0.3) is 33.0 Å². The maximum absolute atomic E-state index is 15.6. The summed E-state index contributed by atoms with van der Waals surface area (Å²) >= 11 is 0. The summed E-state index contributed by atoms with van der Waals surface area (Å²) in [5.41, 5.74) is 8.38. The van der Waals surface area contributed by atoms with Crippen LogP contribution in [0.4, 0.5) is 0 Å². The van der Waals surface area contributed by atoms with E-state index in [1.54, 1.807) is 0 Å². The number of benzene rings is 5. The number of ketones is 2. The molecule has 258 valence electrons. The Hall–Kier alpha value is -3.87. The highest BCUT2D eigenvalue weighted by Crippen LogP contribution is 2.47. The van der Waals surface area contributed by atoms with Gasteiger partial charge in [0.15, 0.2) is 11.6 Å². The van der Waals surface area contributed by atoms with E-state index in [1.807, 2.05) is 36.4 Å². The van der Waals surface area contributed by atoms with E-state index in [0.29, 0.717) is 22.3 Å². The van der Waals surface area contributed by atoms with Gasteiger partial charge >= 0.3 is 0 Å². The Morgan fingerprint density at radius 2 is 0.700 bits per heavy atom. The Kier molecular flexibility index (Phi) is 10.9. The Bertz CT molecular complexity index is 1840. The number of fused-ring (bicyclic) bond motifs is 3. The van der Waals surface area contributed by atoms with Crippen molar-refractivity contribution in [3.8, 4) is 22.3 Å². The molecule has 50 heavy (non-hydrogen) atoms. The van der Waals surface area contributed by atoms with Crippen molar-refractivity contribution in [1.82, 2.24) is 0 Å². The zero-order chi connectivity index (χ0) is 35.5. The third-order valence-electron chi connectivity index (χ3n) is 13.0. The summed E-state index contributed by atoms with van der Waals surface area (Å²) in [4.78, 5) is 31.2. The molecule has 4 heteroatoms. The lowest BCUT2D eigenvalue weighted by atomic mass is 9.72. The number of hydrogen-bond donors (Lipinski definition) is 0. The molecule has 0 unspecified atom stereocenters. The number of hydrogen-bond acceptors (Lipinski definition) is 2. The van der Waals surface area contributed by atoms with Crippen LogP contribution in [-0.2, 0) is 12.8 Å². The molecule has 0 fully saturated rings. The van der Waals surface area contributed by atoms with Gasteiger partial charge in [0.05, 0.1) is 16.1 Å². The molecule has 0 aliphatic heterocycles. The second-order valence-corrected chi connectivity index (χ2v) is 25.9. The molecular formula is C46H54O2Si2. The number of carbonyl (C=O) groups excluding carboxylic acids is 2. The lowest BCUT2D eigenvalue weighted by Crippen LogP contribution is -2.33. The van der Waals surface area contributed by atoms with E-state index in [-0.39, 0.29) is 11.6 Å². The molecule has 2 nitrogen and oxygen atoms in total. The van der Waals surface area contributed by atoms with Gasteiger partial charge in [-0.25, -0.2) is 0 Å². The van der Waals surface area contributed by atoms with Crippen molar-refractivity contribution in [2.75, 3.05) is 0 Å². The van der Waals surface area contributed by atoms with E-state index in [2.05, 4.69) is 102 Å². The summed E-state index contributed by atoms with van der Waals surface area (Å²) in [5.74, 6) is 0.0463. The van der Waals surface area contributed by atoms with E-state index >= 15 is 9.59 Å². The normalized spacial score (nSPS) is 13.1. The van der Waals surface area contributed by atoms with Gasteiger partial charge in [-0.05, 0) is 45.9 Å². The highest BCUT2D eigenvalue weighted by molar-refractivity contribution is 6.80.